The van der Waals surface area contributed by atoms with Crippen molar-refractivity contribution in [2.75, 3.05) is 27.7 Å². The maximum absolute atomic E-state index is 11.8. The predicted octanol–water partition coefficient (Wildman–Crippen LogP) is -0.116. The molecule has 0 aromatic carbocycles. The van der Waals surface area contributed by atoms with Crippen LogP contribution in [0, 0.1) is 5.92 Å². The van der Waals surface area contributed by atoms with Crippen molar-refractivity contribution in [2.45, 2.75) is 18.9 Å². The maximum atomic E-state index is 11.8. The summed E-state index contributed by atoms with van der Waals surface area (Å²) in [4.78, 5) is 0. The van der Waals surface area contributed by atoms with E-state index in [1.807, 2.05) is 0 Å². The molecule has 0 radical (unpaired) electrons. The molecular formula is C8H20ClN3O2S. The van der Waals surface area contributed by atoms with Crippen LogP contribution in [0.5, 0.6) is 0 Å². The van der Waals surface area contributed by atoms with E-state index in [0.717, 1.165) is 12.8 Å². The lowest BCUT2D eigenvalue weighted by atomic mass is 10.2. The number of hydrogen-bond acceptors (Lipinski definition) is 3. The van der Waals surface area contributed by atoms with Gasteiger partial charge in [0, 0.05) is 33.7 Å². The van der Waals surface area contributed by atoms with Crippen LogP contribution >= 0.6 is 12.4 Å². The van der Waals surface area contributed by atoms with Gasteiger partial charge in [-0.2, -0.15) is 17.0 Å². The van der Waals surface area contributed by atoms with E-state index in [9.17, 15) is 8.42 Å². The van der Waals surface area contributed by atoms with Gasteiger partial charge in [0.1, 0.15) is 0 Å². The summed E-state index contributed by atoms with van der Waals surface area (Å²) in [6.45, 7) is 0.397. The molecule has 15 heavy (non-hydrogen) atoms. The van der Waals surface area contributed by atoms with Crippen molar-refractivity contribution in [1.82, 2.24) is 8.61 Å². The Hall–Kier alpha value is 0.120. The second kappa shape index (κ2) is 5.45. The maximum Gasteiger partial charge on any atom is 0.281 e. The average Bonchev–Trinajstić information content (AvgIpc) is 2.89. The third kappa shape index (κ3) is 3.29. The van der Waals surface area contributed by atoms with Crippen molar-refractivity contribution >= 4 is 22.6 Å². The predicted molar refractivity (Wildman–Crippen MR) is 63.2 cm³/mol. The summed E-state index contributed by atoms with van der Waals surface area (Å²) < 4.78 is 26.1. The topological polar surface area (TPSA) is 66.6 Å². The van der Waals surface area contributed by atoms with Crippen LogP contribution in [0.15, 0.2) is 0 Å². The van der Waals surface area contributed by atoms with E-state index in [1.54, 1.807) is 7.05 Å². The van der Waals surface area contributed by atoms with Gasteiger partial charge in [0.05, 0.1) is 0 Å². The largest absolute Gasteiger partial charge is 0.329 e. The Kier molecular flexibility index (Phi) is 5.49. The van der Waals surface area contributed by atoms with Gasteiger partial charge in [-0.1, -0.05) is 0 Å². The monoisotopic (exact) mass is 257 g/mol. The van der Waals surface area contributed by atoms with E-state index in [4.69, 9.17) is 5.73 Å². The summed E-state index contributed by atoms with van der Waals surface area (Å²) in [5, 5.41) is 0. The summed E-state index contributed by atoms with van der Waals surface area (Å²) in [5.74, 6) is 0.458. The quantitative estimate of drug-likeness (QED) is 0.747. The molecule has 2 N–H and O–H groups in total. The Balaban J connectivity index is 0.00000196. The van der Waals surface area contributed by atoms with Crippen molar-refractivity contribution in [3.63, 3.8) is 0 Å². The molecule has 0 aliphatic heterocycles. The number of rotatable bonds is 5. The molecule has 0 amide bonds. The van der Waals surface area contributed by atoms with Crippen molar-refractivity contribution in [1.29, 1.82) is 0 Å². The summed E-state index contributed by atoms with van der Waals surface area (Å²) in [5.41, 5.74) is 5.59. The van der Waals surface area contributed by atoms with Gasteiger partial charge >= 0.3 is 0 Å². The minimum Gasteiger partial charge on any atom is -0.329 e. The van der Waals surface area contributed by atoms with Crippen molar-refractivity contribution in [2.24, 2.45) is 11.7 Å². The van der Waals surface area contributed by atoms with Crippen LogP contribution in [0.25, 0.3) is 0 Å². The first kappa shape index (κ1) is 15.1. The zero-order chi connectivity index (χ0) is 10.9. The molecule has 1 fully saturated rings. The van der Waals surface area contributed by atoms with Crippen molar-refractivity contribution < 1.29 is 8.42 Å². The fourth-order valence-corrected chi connectivity index (χ4v) is 2.66. The van der Waals surface area contributed by atoms with Gasteiger partial charge in [-0.15, -0.1) is 12.4 Å². The van der Waals surface area contributed by atoms with Crippen LogP contribution in [0.2, 0.25) is 0 Å². The average molecular weight is 258 g/mol. The SMILES string of the molecule is CN(C)S(=O)(=O)N(C)C(CN)C1CC1.Cl. The highest BCUT2D eigenvalue weighted by Gasteiger charge is 2.38. The number of halogens is 1. The summed E-state index contributed by atoms with van der Waals surface area (Å²) in [7, 11) is 1.36. The number of likely N-dealkylation sites (N-methyl/N-ethyl adjacent to an activating group) is 1. The molecule has 0 bridgehead atoms. The third-order valence-electron chi connectivity index (χ3n) is 2.70. The number of hydrogen-bond donors (Lipinski definition) is 1. The van der Waals surface area contributed by atoms with Crippen LogP contribution in [0.3, 0.4) is 0 Å². The van der Waals surface area contributed by atoms with E-state index in [0.29, 0.717) is 12.5 Å². The fourth-order valence-electron chi connectivity index (χ4n) is 1.55. The molecule has 0 aromatic rings. The molecule has 5 nitrogen and oxygen atoms in total. The minimum absolute atomic E-state index is 0. The minimum atomic E-state index is -3.31. The Morgan fingerprint density at radius 1 is 1.33 bits per heavy atom. The standard InChI is InChI=1S/C8H19N3O2S.ClH/c1-10(2)14(12,13)11(3)8(6-9)7-4-5-7;/h7-8H,4-6,9H2,1-3H3;1H. The third-order valence-corrected chi connectivity index (χ3v) is 4.62. The van der Waals surface area contributed by atoms with Gasteiger partial charge in [-0.25, -0.2) is 0 Å². The lowest BCUT2D eigenvalue weighted by Gasteiger charge is -2.28. The fraction of sp³-hybridized carbons (Fsp3) is 1.00. The van der Waals surface area contributed by atoms with E-state index in [-0.39, 0.29) is 18.4 Å². The van der Waals surface area contributed by atoms with Crippen molar-refractivity contribution in [3.8, 4) is 0 Å². The Labute approximate surface area is 98.2 Å². The van der Waals surface area contributed by atoms with Crippen LogP contribution in [0.1, 0.15) is 12.8 Å². The van der Waals surface area contributed by atoms with Gasteiger partial charge in [-0.05, 0) is 18.8 Å². The molecule has 1 aliphatic rings. The van der Waals surface area contributed by atoms with E-state index >= 15 is 0 Å². The normalized spacial score (nSPS) is 19.1. The molecule has 7 heteroatoms. The second-order valence-corrected chi connectivity index (χ2v) is 6.15. The second-order valence-electron chi connectivity index (χ2n) is 3.95. The first-order chi connectivity index (χ1) is 6.41. The highest BCUT2D eigenvalue weighted by molar-refractivity contribution is 7.86. The van der Waals surface area contributed by atoms with Gasteiger partial charge in [-0.3, -0.25) is 0 Å². The van der Waals surface area contributed by atoms with E-state index in [2.05, 4.69) is 0 Å². The highest BCUT2D eigenvalue weighted by atomic mass is 35.5. The van der Waals surface area contributed by atoms with E-state index in [1.165, 1.54) is 22.7 Å². The van der Waals surface area contributed by atoms with Gasteiger partial charge < -0.3 is 5.73 Å². The zero-order valence-electron chi connectivity index (χ0n) is 9.38. The van der Waals surface area contributed by atoms with Crippen LogP contribution in [-0.2, 0) is 10.2 Å². The summed E-state index contributed by atoms with van der Waals surface area (Å²) in [6.07, 6.45) is 2.18. The molecule has 1 aliphatic carbocycles. The van der Waals surface area contributed by atoms with Gasteiger partial charge in [0.15, 0.2) is 0 Å². The van der Waals surface area contributed by atoms with Crippen LogP contribution in [0.4, 0.5) is 0 Å². The lowest BCUT2D eigenvalue weighted by Crippen LogP contribution is -2.47. The first-order valence-electron chi connectivity index (χ1n) is 4.76. The highest BCUT2D eigenvalue weighted by Crippen LogP contribution is 2.35. The van der Waals surface area contributed by atoms with E-state index < -0.39 is 10.2 Å². The molecular weight excluding hydrogens is 238 g/mol. The Bertz CT molecular complexity index is 290. The van der Waals surface area contributed by atoms with Crippen molar-refractivity contribution in [3.05, 3.63) is 0 Å². The summed E-state index contributed by atoms with van der Waals surface area (Å²) >= 11 is 0. The number of nitrogens with zero attached hydrogens (tertiary/aromatic N) is 2. The molecule has 92 valence electrons. The molecule has 0 spiro atoms. The summed E-state index contributed by atoms with van der Waals surface area (Å²) in [6, 6.07) is -0.0394. The molecule has 0 aromatic heterocycles. The molecule has 0 heterocycles. The van der Waals surface area contributed by atoms with Crippen LogP contribution < -0.4 is 5.73 Å². The van der Waals surface area contributed by atoms with Gasteiger partial charge in [0.2, 0.25) is 0 Å². The Morgan fingerprint density at radius 3 is 2.07 bits per heavy atom. The molecule has 1 saturated carbocycles. The Morgan fingerprint density at radius 2 is 1.80 bits per heavy atom. The lowest BCUT2D eigenvalue weighted by molar-refractivity contribution is 0.319. The molecule has 1 unspecified atom stereocenters. The van der Waals surface area contributed by atoms with Crippen LogP contribution in [-0.4, -0.2) is 50.8 Å². The molecule has 1 rings (SSSR count). The van der Waals surface area contributed by atoms with Gasteiger partial charge in [0.25, 0.3) is 10.2 Å². The molecule has 0 saturated heterocycles. The zero-order valence-corrected chi connectivity index (χ0v) is 11.0. The number of nitrogens with two attached hydrogens (primary N) is 1. The first-order valence-corrected chi connectivity index (χ1v) is 6.16. The smallest absolute Gasteiger partial charge is 0.281 e. The molecule has 1 atom stereocenters.